The minimum Gasteiger partial charge on any atom is -0.496 e. The van der Waals surface area contributed by atoms with E-state index in [2.05, 4.69) is 5.32 Å². The summed E-state index contributed by atoms with van der Waals surface area (Å²) in [5.74, 6) is 0.792. The van der Waals surface area contributed by atoms with Gasteiger partial charge >= 0.3 is 0 Å². The summed E-state index contributed by atoms with van der Waals surface area (Å²) in [7, 11) is 3.57. The molecule has 2 rings (SSSR count). The van der Waals surface area contributed by atoms with Crippen molar-refractivity contribution in [2.24, 2.45) is 0 Å². The first-order chi connectivity index (χ1) is 11.5. The van der Waals surface area contributed by atoms with Gasteiger partial charge in [-0.2, -0.15) is 0 Å². The number of methoxy groups -OCH3 is 1. The van der Waals surface area contributed by atoms with Crippen LogP contribution in [0.25, 0.3) is 0 Å². The highest BCUT2D eigenvalue weighted by atomic mass is 35.5. The summed E-state index contributed by atoms with van der Waals surface area (Å²) >= 11 is 6.11. The Bertz CT molecular complexity index is 691. The highest BCUT2D eigenvalue weighted by Gasteiger charge is 2.19. The normalized spacial score (nSPS) is 12.0. The van der Waals surface area contributed by atoms with Crippen molar-refractivity contribution < 1.29 is 9.53 Å². The molecule has 1 amide bonds. The number of likely N-dealkylation sites (N-methyl/N-ethyl adjacent to an activating group) is 1. The molecule has 0 saturated carbocycles. The molecule has 0 heterocycles. The van der Waals surface area contributed by atoms with Gasteiger partial charge in [0.15, 0.2) is 0 Å². The minimum atomic E-state index is -0.266. The Morgan fingerprint density at radius 1 is 1.17 bits per heavy atom. The molecular weight excluding hydrogens is 324 g/mol. The fourth-order valence-corrected chi connectivity index (χ4v) is 2.61. The first kappa shape index (κ1) is 18.3. The van der Waals surface area contributed by atoms with Crippen LogP contribution in [0.1, 0.15) is 18.1 Å². The Labute approximate surface area is 148 Å². The first-order valence-corrected chi connectivity index (χ1v) is 8.24. The lowest BCUT2D eigenvalue weighted by atomic mass is 10.1. The van der Waals surface area contributed by atoms with Crippen molar-refractivity contribution in [1.82, 2.24) is 10.2 Å². The van der Waals surface area contributed by atoms with Crippen molar-refractivity contribution in [1.29, 1.82) is 0 Å². The third-order valence-electron chi connectivity index (χ3n) is 4.06. The monoisotopic (exact) mass is 346 g/mol. The Kier molecular flexibility index (Phi) is 6.64. The summed E-state index contributed by atoms with van der Waals surface area (Å²) in [6.45, 7) is 2.94. The van der Waals surface area contributed by atoms with Gasteiger partial charge in [0.25, 0.3) is 0 Å². The van der Waals surface area contributed by atoms with E-state index in [9.17, 15) is 4.79 Å². The molecule has 2 aromatic carbocycles. The number of nitrogens with zero attached hydrogens (tertiary/aromatic N) is 1. The Hall–Kier alpha value is -2.04. The third-order valence-corrected chi connectivity index (χ3v) is 4.43. The maximum absolute atomic E-state index is 12.4. The van der Waals surface area contributed by atoms with E-state index in [0.717, 1.165) is 16.9 Å². The second kappa shape index (κ2) is 8.71. The quantitative estimate of drug-likeness (QED) is 0.834. The smallest absolute Gasteiger partial charge is 0.237 e. The van der Waals surface area contributed by atoms with Crippen molar-refractivity contribution in [3.63, 3.8) is 0 Å². The summed E-state index contributed by atoms with van der Waals surface area (Å²) in [4.78, 5) is 14.4. The molecule has 0 bridgehead atoms. The van der Waals surface area contributed by atoms with Crippen molar-refractivity contribution >= 4 is 17.5 Å². The molecule has 128 valence electrons. The maximum atomic E-state index is 12.4. The van der Waals surface area contributed by atoms with Crippen LogP contribution in [0.15, 0.2) is 48.5 Å². The largest absolute Gasteiger partial charge is 0.496 e. The van der Waals surface area contributed by atoms with E-state index in [1.165, 1.54) is 0 Å². The van der Waals surface area contributed by atoms with Gasteiger partial charge in [0.2, 0.25) is 5.91 Å². The first-order valence-electron chi connectivity index (χ1n) is 7.86. The Morgan fingerprint density at radius 2 is 1.79 bits per heavy atom. The average Bonchev–Trinajstić information content (AvgIpc) is 2.60. The second-order valence-electron chi connectivity index (χ2n) is 5.71. The highest BCUT2D eigenvalue weighted by molar-refractivity contribution is 6.31. The summed E-state index contributed by atoms with van der Waals surface area (Å²) in [6, 6.07) is 15.1. The lowest BCUT2D eigenvalue weighted by molar-refractivity contribution is -0.125. The number of carbonyl (C=O) groups is 1. The molecule has 0 aliphatic carbocycles. The minimum absolute atomic E-state index is 0.0349. The van der Waals surface area contributed by atoms with E-state index in [1.807, 2.05) is 67.4 Å². The Morgan fingerprint density at radius 3 is 2.46 bits per heavy atom. The van der Waals surface area contributed by atoms with Crippen LogP contribution in [0.3, 0.4) is 0 Å². The molecular formula is C19H23ClN2O2. The molecule has 0 aromatic heterocycles. The van der Waals surface area contributed by atoms with E-state index in [-0.39, 0.29) is 11.9 Å². The van der Waals surface area contributed by atoms with Crippen LogP contribution in [-0.2, 0) is 17.9 Å². The molecule has 24 heavy (non-hydrogen) atoms. The van der Waals surface area contributed by atoms with E-state index in [0.29, 0.717) is 18.1 Å². The fourth-order valence-electron chi connectivity index (χ4n) is 2.41. The van der Waals surface area contributed by atoms with Crippen LogP contribution in [0.4, 0.5) is 0 Å². The van der Waals surface area contributed by atoms with Gasteiger partial charge < -0.3 is 10.1 Å². The molecule has 1 atom stereocenters. The van der Waals surface area contributed by atoms with Gasteiger partial charge in [0, 0.05) is 23.7 Å². The van der Waals surface area contributed by atoms with Crippen LogP contribution in [-0.4, -0.2) is 31.0 Å². The van der Waals surface area contributed by atoms with E-state index in [1.54, 1.807) is 7.11 Å². The number of halogens is 1. The van der Waals surface area contributed by atoms with Crippen molar-refractivity contribution in [3.05, 3.63) is 64.7 Å². The molecule has 0 spiro atoms. The van der Waals surface area contributed by atoms with E-state index >= 15 is 0 Å². The summed E-state index contributed by atoms with van der Waals surface area (Å²) < 4.78 is 5.36. The number of hydrogen-bond donors (Lipinski definition) is 1. The standard InChI is InChI=1S/C19H23ClN2O2/c1-14(19(23)21-12-15-8-4-6-10-17(15)20)22(2)13-16-9-5-7-11-18(16)24-3/h4-11,14H,12-13H2,1-3H3,(H,21,23). The zero-order valence-corrected chi connectivity index (χ0v) is 15.0. The summed E-state index contributed by atoms with van der Waals surface area (Å²) in [5.41, 5.74) is 1.96. The van der Waals surface area contributed by atoms with Crippen LogP contribution >= 0.6 is 11.6 Å². The van der Waals surface area contributed by atoms with E-state index < -0.39 is 0 Å². The van der Waals surface area contributed by atoms with Gasteiger partial charge in [-0.25, -0.2) is 0 Å². The molecule has 0 saturated heterocycles. The number of hydrogen-bond acceptors (Lipinski definition) is 3. The zero-order chi connectivity index (χ0) is 17.5. The van der Waals surface area contributed by atoms with E-state index in [4.69, 9.17) is 16.3 Å². The van der Waals surface area contributed by atoms with Crippen LogP contribution in [0.2, 0.25) is 5.02 Å². The molecule has 0 radical (unpaired) electrons. The lowest BCUT2D eigenvalue weighted by Gasteiger charge is -2.24. The summed E-state index contributed by atoms with van der Waals surface area (Å²) in [5, 5.41) is 3.60. The SMILES string of the molecule is COc1ccccc1CN(C)C(C)C(=O)NCc1ccccc1Cl. The number of carbonyl (C=O) groups excluding carboxylic acids is 1. The predicted octanol–water partition coefficient (Wildman–Crippen LogP) is 3.49. The van der Waals surface area contributed by atoms with Crippen molar-refractivity contribution in [2.75, 3.05) is 14.2 Å². The van der Waals surface area contributed by atoms with Crippen LogP contribution < -0.4 is 10.1 Å². The average molecular weight is 347 g/mol. The van der Waals surface area contributed by atoms with Gasteiger partial charge in [0.1, 0.15) is 5.75 Å². The summed E-state index contributed by atoms with van der Waals surface area (Å²) in [6.07, 6.45) is 0. The number of rotatable bonds is 7. The molecule has 0 aliphatic rings. The third kappa shape index (κ3) is 4.73. The van der Waals surface area contributed by atoms with Gasteiger partial charge in [-0.1, -0.05) is 48.0 Å². The molecule has 0 aliphatic heterocycles. The molecule has 4 nitrogen and oxygen atoms in total. The zero-order valence-electron chi connectivity index (χ0n) is 14.3. The number of para-hydroxylation sites is 1. The topological polar surface area (TPSA) is 41.6 Å². The van der Waals surface area contributed by atoms with Gasteiger partial charge in [0.05, 0.1) is 13.2 Å². The maximum Gasteiger partial charge on any atom is 0.237 e. The van der Waals surface area contributed by atoms with Gasteiger partial charge in [-0.3, -0.25) is 9.69 Å². The lowest BCUT2D eigenvalue weighted by Crippen LogP contribution is -2.42. The van der Waals surface area contributed by atoms with Crippen LogP contribution in [0, 0.1) is 0 Å². The second-order valence-corrected chi connectivity index (χ2v) is 6.12. The highest BCUT2D eigenvalue weighted by Crippen LogP contribution is 2.19. The number of nitrogens with one attached hydrogen (secondary N) is 1. The van der Waals surface area contributed by atoms with Crippen molar-refractivity contribution in [3.8, 4) is 5.75 Å². The molecule has 1 unspecified atom stereocenters. The van der Waals surface area contributed by atoms with Crippen LogP contribution in [0.5, 0.6) is 5.75 Å². The van der Waals surface area contributed by atoms with Crippen molar-refractivity contribution in [2.45, 2.75) is 26.1 Å². The molecule has 1 N–H and O–H groups in total. The molecule has 0 fully saturated rings. The fraction of sp³-hybridized carbons (Fsp3) is 0.316. The van der Waals surface area contributed by atoms with Gasteiger partial charge in [-0.05, 0) is 31.7 Å². The Balaban J connectivity index is 1.93. The number of amides is 1. The molecule has 2 aromatic rings. The number of ether oxygens (including phenoxy) is 1. The number of benzene rings is 2. The molecule has 5 heteroatoms. The predicted molar refractivity (Wildman–Crippen MR) is 97.2 cm³/mol. The van der Waals surface area contributed by atoms with Gasteiger partial charge in [-0.15, -0.1) is 0 Å².